The van der Waals surface area contributed by atoms with Gasteiger partial charge in [0.2, 0.25) is 5.91 Å². The molecule has 0 fully saturated rings. The Bertz CT molecular complexity index is 635. The number of sulfone groups is 1. The summed E-state index contributed by atoms with van der Waals surface area (Å²) in [5.41, 5.74) is 0. The summed E-state index contributed by atoms with van der Waals surface area (Å²) < 4.78 is 29.3. The second-order valence-electron chi connectivity index (χ2n) is 4.47. The highest BCUT2D eigenvalue weighted by Gasteiger charge is 2.18. The van der Waals surface area contributed by atoms with Crippen LogP contribution in [0.2, 0.25) is 0 Å². The molecule has 0 heterocycles. The van der Waals surface area contributed by atoms with Crippen molar-refractivity contribution in [3.63, 3.8) is 0 Å². The first-order valence-electron chi connectivity index (χ1n) is 6.38. The minimum absolute atomic E-state index is 0.110. The fourth-order valence-corrected chi connectivity index (χ4v) is 2.93. The van der Waals surface area contributed by atoms with Crippen molar-refractivity contribution in [2.75, 3.05) is 26.5 Å². The van der Waals surface area contributed by atoms with Gasteiger partial charge in [-0.2, -0.15) is 5.26 Å². The van der Waals surface area contributed by atoms with Crippen LogP contribution in [0.3, 0.4) is 0 Å². The maximum absolute atomic E-state index is 12.2. The van der Waals surface area contributed by atoms with Gasteiger partial charge in [0.15, 0.2) is 9.84 Å². The summed E-state index contributed by atoms with van der Waals surface area (Å²) in [6, 6.07) is 8.08. The average Bonchev–Trinajstić information content (AvgIpc) is 2.50. The third kappa shape index (κ3) is 5.08. The zero-order valence-electron chi connectivity index (χ0n) is 12.1. The normalized spacial score (nSPS) is 10.7. The zero-order chi connectivity index (χ0) is 15.9. The summed E-state index contributed by atoms with van der Waals surface area (Å²) in [6.07, 6.45) is 0.117. The molecule has 0 saturated heterocycles. The Morgan fingerprint density at radius 3 is 2.76 bits per heavy atom. The van der Waals surface area contributed by atoms with Gasteiger partial charge in [0.25, 0.3) is 0 Å². The fraction of sp³-hybridized carbons (Fsp3) is 0.429. The summed E-state index contributed by atoms with van der Waals surface area (Å²) in [7, 11) is -0.523. The number of nitriles is 1. The molecule has 0 aliphatic heterocycles. The molecule has 0 aliphatic rings. The number of carbonyl (C=O) groups is 1. The molecule has 0 radical (unpaired) electrons. The first-order valence-corrected chi connectivity index (χ1v) is 8.03. The summed E-state index contributed by atoms with van der Waals surface area (Å²) in [4.78, 5) is 13.3. The Hall–Kier alpha value is -2.07. The molecule has 0 saturated carbocycles. The molecule has 1 rings (SSSR count). The molecule has 0 N–H and O–H groups in total. The van der Waals surface area contributed by atoms with E-state index in [9.17, 15) is 13.2 Å². The van der Waals surface area contributed by atoms with Crippen LogP contribution in [-0.2, 0) is 14.6 Å². The van der Waals surface area contributed by atoms with E-state index in [-0.39, 0.29) is 29.4 Å². The van der Waals surface area contributed by atoms with Gasteiger partial charge in [-0.15, -0.1) is 0 Å². The van der Waals surface area contributed by atoms with Crippen molar-refractivity contribution in [2.45, 2.75) is 17.7 Å². The highest BCUT2D eigenvalue weighted by atomic mass is 32.2. The summed E-state index contributed by atoms with van der Waals surface area (Å²) in [5.74, 6) is -0.110. The summed E-state index contributed by atoms with van der Waals surface area (Å²) in [6.45, 7) is 0.300. The van der Waals surface area contributed by atoms with Crippen molar-refractivity contribution in [3.8, 4) is 11.8 Å². The first-order chi connectivity index (χ1) is 9.90. The SMILES string of the molecule is COc1cccc(S(=O)(=O)CCC(=O)N(C)CCC#N)c1. The van der Waals surface area contributed by atoms with E-state index in [4.69, 9.17) is 10.00 Å². The Morgan fingerprint density at radius 2 is 2.14 bits per heavy atom. The first kappa shape index (κ1) is 17.0. The lowest BCUT2D eigenvalue weighted by atomic mass is 10.3. The predicted molar refractivity (Wildman–Crippen MR) is 77.5 cm³/mol. The van der Waals surface area contributed by atoms with Crippen LogP contribution >= 0.6 is 0 Å². The molecule has 114 valence electrons. The Morgan fingerprint density at radius 1 is 1.43 bits per heavy atom. The van der Waals surface area contributed by atoms with Crippen molar-refractivity contribution >= 4 is 15.7 Å². The van der Waals surface area contributed by atoms with Crippen LogP contribution in [0.4, 0.5) is 0 Å². The second-order valence-corrected chi connectivity index (χ2v) is 6.58. The molecule has 0 aromatic heterocycles. The van der Waals surface area contributed by atoms with E-state index in [1.54, 1.807) is 19.2 Å². The molecule has 1 amide bonds. The number of hydrogen-bond donors (Lipinski definition) is 0. The molecule has 0 bridgehead atoms. The molecule has 1 aromatic rings. The van der Waals surface area contributed by atoms with Crippen molar-refractivity contribution in [2.24, 2.45) is 0 Å². The standard InChI is InChI=1S/C14H18N2O4S/c1-16(9-4-8-15)14(17)7-10-21(18,19)13-6-3-5-12(11-13)20-2/h3,5-6,11H,4,7,9-10H2,1-2H3. The molecule has 0 atom stereocenters. The smallest absolute Gasteiger partial charge is 0.223 e. The molecular formula is C14H18N2O4S. The third-order valence-corrected chi connectivity index (χ3v) is 4.68. The Labute approximate surface area is 124 Å². The number of methoxy groups -OCH3 is 1. The highest BCUT2D eigenvalue weighted by Crippen LogP contribution is 2.18. The van der Waals surface area contributed by atoms with Crippen molar-refractivity contribution in [1.29, 1.82) is 5.26 Å². The van der Waals surface area contributed by atoms with Crippen LogP contribution in [0.1, 0.15) is 12.8 Å². The van der Waals surface area contributed by atoms with Crippen LogP contribution in [0.25, 0.3) is 0 Å². The number of hydrogen-bond acceptors (Lipinski definition) is 5. The van der Waals surface area contributed by atoms with Gasteiger partial charge in [0, 0.05) is 20.0 Å². The molecule has 21 heavy (non-hydrogen) atoms. The molecule has 0 aliphatic carbocycles. The maximum Gasteiger partial charge on any atom is 0.223 e. The van der Waals surface area contributed by atoms with E-state index >= 15 is 0 Å². The Kier molecular flexibility index (Phi) is 6.18. The van der Waals surface area contributed by atoms with Crippen LogP contribution in [0, 0.1) is 11.3 Å². The number of ether oxygens (including phenoxy) is 1. The number of nitrogens with zero attached hydrogens (tertiary/aromatic N) is 2. The molecule has 1 aromatic carbocycles. The summed E-state index contributed by atoms with van der Waals surface area (Å²) in [5, 5.41) is 8.46. The van der Waals surface area contributed by atoms with Crippen molar-refractivity contribution in [1.82, 2.24) is 4.90 Å². The molecular weight excluding hydrogens is 292 g/mol. The van der Waals surface area contributed by atoms with E-state index in [0.717, 1.165) is 0 Å². The van der Waals surface area contributed by atoms with E-state index < -0.39 is 9.84 Å². The van der Waals surface area contributed by atoms with Gasteiger partial charge in [-0.3, -0.25) is 4.79 Å². The average molecular weight is 310 g/mol. The van der Waals surface area contributed by atoms with Crippen molar-refractivity contribution < 1.29 is 17.9 Å². The van der Waals surface area contributed by atoms with Gasteiger partial charge in [-0.25, -0.2) is 8.42 Å². The Balaban J connectivity index is 2.69. The lowest BCUT2D eigenvalue weighted by Gasteiger charge is -2.15. The maximum atomic E-state index is 12.2. The van der Waals surface area contributed by atoms with Gasteiger partial charge in [0.05, 0.1) is 30.2 Å². The fourth-order valence-electron chi connectivity index (χ4n) is 1.67. The van der Waals surface area contributed by atoms with Gasteiger partial charge in [-0.05, 0) is 18.2 Å². The van der Waals surface area contributed by atoms with E-state index in [0.29, 0.717) is 12.3 Å². The number of carbonyl (C=O) groups excluding carboxylic acids is 1. The van der Waals surface area contributed by atoms with E-state index in [1.807, 2.05) is 6.07 Å². The number of benzene rings is 1. The summed E-state index contributed by atoms with van der Waals surface area (Å²) >= 11 is 0. The lowest BCUT2D eigenvalue weighted by Crippen LogP contribution is -2.29. The van der Waals surface area contributed by atoms with Crippen molar-refractivity contribution in [3.05, 3.63) is 24.3 Å². The highest BCUT2D eigenvalue weighted by molar-refractivity contribution is 7.91. The van der Waals surface area contributed by atoms with E-state index in [1.165, 1.54) is 24.1 Å². The zero-order valence-corrected chi connectivity index (χ0v) is 12.9. The topological polar surface area (TPSA) is 87.5 Å². The number of rotatable bonds is 7. The molecule has 7 heteroatoms. The predicted octanol–water partition coefficient (Wildman–Crippen LogP) is 1.23. The monoisotopic (exact) mass is 310 g/mol. The van der Waals surface area contributed by atoms with Gasteiger partial charge in [0.1, 0.15) is 5.75 Å². The van der Waals surface area contributed by atoms with Gasteiger partial charge < -0.3 is 9.64 Å². The van der Waals surface area contributed by atoms with Crippen LogP contribution < -0.4 is 4.74 Å². The number of amides is 1. The quantitative estimate of drug-likeness (QED) is 0.756. The molecule has 0 spiro atoms. The van der Waals surface area contributed by atoms with Crippen LogP contribution in [0.5, 0.6) is 5.75 Å². The minimum atomic E-state index is -3.53. The second kappa shape index (κ2) is 7.64. The van der Waals surface area contributed by atoms with Crippen LogP contribution in [-0.4, -0.2) is 45.7 Å². The largest absolute Gasteiger partial charge is 0.497 e. The minimum Gasteiger partial charge on any atom is -0.497 e. The van der Waals surface area contributed by atoms with Gasteiger partial charge >= 0.3 is 0 Å². The third-order valence-electron chi connectivity index (χ3n) is 2.97. The molecule has 0 unspecified atom stereocenters. The van der Waals surface area contributed by atoms with Gasteiger partial charge in [-0.1, -0.05) is 6.07 Å². The van der Waals surface area contributed by atoms with E-state index in [2.05, 4.69) is 0 Å². The lowest BCUT2D eigenvalue weighted by molar-refractivity contribution is -0.129. The van der Waals surface area contributed by atoms with Crippen LogP contribution in [0.15, 0.2) is 29.2 Å². The molecule has 6 nitrogen and oxygen atoms in total.